The maximum Gasteiger partial charge on any atom is 0.338 e. The van der Waals surface area contributed by atoms with Gasteiger partial charge in [-0.15, -0.1) is 10.2 Å². The number of nitrogens with zero attached hydrogens (tertiary/aromatic N) is 2. The lowest BCUT2D eigenvalue weighted by Crippen LogP contribution is -2.32. The van der Waals surface area contributed by atoms with Gasteiger partial charge >= 0.3 is 5.97 Å². The predicted molar refractivity (Wildman–Crippen MR) is 114 cm³/mol. The number of esters is 1. The molecule has 4 rings (SSSR count). The van der Waals surface area contributed by atoms with Crippen molar-refractivity contribution in [2.24, 2.45) is 0 Å². The second kappa shape index (κ2) is 9.78. The van der Waals surface area contributed by atoms with E-state index in [-0.39, 0.29) is 40.6 Å². The van der Waals surface area contributed by atoms with Crippen molar-refractivity contribution in [1.29, 1.82) is 0 Å². The molecule has 2 aromatic carbocycles. The van der Waals surface area contributed by atoms with Crippen LogP contribution >= 0.6 is 11.6 Å². The number of nitrogens with one attached hydrogen (secondary N) is 1. The minimum absolute atomic E-state index is 0.00852. The minimum Gasteiger partial charge on any atom is -0.452 e. The van der Waals surface area contributed by atoms with Crippen LogP contribution in [-0.4, -0.2) is 43.8 Å². The van der Waals surface area contributed by atoms with Crippen molar-refractivity contribution in [3.63, 3.8) is 0 Å². The number of carbonyl (C=O) groups is 1. The van der Waals surface area contributed by atoms with E-state index < -0.39 is 16.0 Å². The Balaban J connectivity index is 1.41. The summed E-state index contributed by atoms with van der Waals surface area (Å²) >= 11 is 6.08. The Morgan fingerprint density at radius 1 is 1.19 bits per heavy atom. The summed E-state index contributed by atoms with van der Waals surface area (Å²) in [5.41, 5.74) is 0.760. The Hall–Kier alpha value is -2.79. The fraction of sp³-hybridized carbons (Fsp3) is 0.286. The molecule has 168 valence electrons. The van der Waals surface area contributed by atoms with Gasteiger partial charge in [-0.3, -0.25) is 0 Å². The number of aromatic nitrogens is 2. The summed E-state index contributed by atoms with van der Waals surface area (Å²) in [6.07, 6.45) is 1.50. The zero-order valence-electron chi connectivity index (χ0n) is 16.9. The first-order chi connectivity index (χ1) is 15.4. The highest BCUT2D eigenvalue weighted by molar-refractivity contribution is 7.89. The van der Waals surface area contributed by atoms with Gasteiger partial charge in [-0.25, -0.2) is 17.9 Å². The van der Waals surface area contributed by atoms with Crippen LogP contribution in [0.1, 0.15) is 29.1 Å². The number of rotatable bonds is 8. The maximum atomic E-state index is 12.7. The van der Waals surface area contributed by atoms with Crippen LogP contribution in [0.25, 0.3) is 11.5 Å². The number of benzene rings is 2. The van der Waals surface area contributed by atoms with Crippen LogP contribution in [0.5, 0.6) is 0 Å². The van der Waals surface area contributed by atoms with E-state index in [0.717, 1.165) is 18.4 Å². The molecule has 1 atom stereocenters. The number of carbonyl (C=O) groups excluding carboxylic acids is 1. The van der Waals surface area contributed by atoms with Crippen LogP contribution in [0.2, 0.25) is 5.02 Å². The van der Waals surface area contributed by atoms with Crippen LogP contribution in [0.15, 0.2) is 57.8 Å². The highest BCUT2D eigenvalue weighted by atomic mass is 35.5. The van der Waals surface area contributed by atoms with Crippen molar-refractivity contribution in [1.82, 2.24) is 14.9 Å². The summed E-state index contributed by atoms with van der Waals surface area (Å²) < 4.78 is 43.9. The van der Waals surface area contributed by atoms with Crippen LogP contribution in [0.3, 0.4) is 0 Å². The molecule has 0 radical (unpaired) electrons. The average Bonchev–Trinajstić information content (AvgIpc) is 3.49. The molecule has 0 saturated carbocycles. The van der Waals surface area contributed by atoms with Crippen molar-refractivity contribution < 1.29 is 27.1 Å². The highest BCUT2D eigenvalue weighted by Gasteiger charge is 2.24. The van der Waals surface area contributed by atoms with E-state index in [1.165, 1.54) is 18.2 Å². The van der Waals surface area contributed by atoms with Gasteiger partial charge in [-0.05, 0) is 43.2 Å². The normalized spacial score (nSPS) is 16.2. The summed E-state index contributed by atoms with van der Waals surface area (Å²) in [6.45, 7) is 0.482. The quantitative estimate of drug-likeness (QED) is 0.491. The van der Waals surface area contributed by atoms with Gasteiger partial charge in [0.1, 0.15) is 4.90 Å². The molecule has 0 spiro atoms. The van der Waals surface area contributed by atoms with E-state index in [0.29, 0.717) is 12.5 Å². The zero-order valence-corrected chi connectivity index (χ0v) is 18.4. The van der Waals surface area contributed by atoms with Crippen LogP contribution in [0, 0.1) is 0 Å². The molecule has 1 fully saturated rings. The van der Waals surface area contributed by atoms with Gasteiger partial charge in [-0.2, -0.15) is 0 Å². The van der Waals surface area contributed by atoms with Crippen molar-refractivity contribution >= 4 is 27.6 Å². The van der Waals surface area contributed by atoms with Crippen molar-refractivity contribution in [3.8, 4) is 11.5 Å². The van der Waals surface area contributed by atoms with E-state index in [4.69, 9.17) is 25.5 Å². The van der Waals surface area contributed by atoms with E-state index in [2.05, 4.69) is 14.9 Å². The molecule has 0 unspecified atom stereocenters. The average molecular weight is 478 g/mol. The monoisotopic (exact) mass is 477 g/mol. The van der Waals surface area contributed by atoms with Gasteiger partial charge in [0.2, 0.25) is 15.9 Å². The highest BCUT2D eigenvalue weighted by Crippen LogP contribution is 2.24. The smallest absolute Gasteiger partial charge is 0.338 e. The zero-order chi connectivity index (χ0) is 22.6. The first-order valence-electron chi connectivity index (χ1n) is 9.88. The Morgan fingerprint density at radius 3 is 2.75 bits per heavy atom. The summed E-state index contributed by atoms with van der Waals surface area (Å²) in [5.74, 6) is -0.345. The van der Waals surface area contributed by atoms with Crippen molar-refractivity contribution in [3.05, 3.63) is 65.0 Å². The first kappa shape index (κ1) is 22.4. The van der Waals surface area contributed by atoms with Crippen LogP contribution < -0.4 is 4.72 Å². The Labute approximate surface area is 189 Å². The molecular formula is C21H20ClN3O6S. The molecule has 1 saturated heterocycles. The Morgan fingerprint density at radius 2 is 2.00 bits per heavy atom. The van der Waals surface area contributed by atoms with Crippen LogP contribution in [0.4, 0.5) is 0 Å². The number of hydrogen-bond acceptors (Lipinski definition) is 8. The number of sulfonamides is 1. The molecule has 0 bridgehead atoms. The summed E-state index contributed by atoms with van der Waals surface area (Å²) in [5, 5.41) is 7.77. The third-order valence-electron chi connectivity index (χ3n) is 4.80. The molecule has 0 amide bonds. The van der Waals surface area contributed by atoms with Gasteiger partial charge in [0, 0.05) is 18.7 Å². The second-order valence-corrected chi connectivity index (χ2v) is 9.22. The lowest BCUT2D eigenvalue weighted by Gasteiger charge is -2.13. The van der Waals surface area contributed by atoms with E-state index in [1.807, 2.05) is 30.3 Å². The Bertz CT molecular complexity index is 1190. The van der Waals surface area contributed by atoms with Gasteiger partial charge in [-0.1, -0.05) is 29.8 Å². The van der Waals surface area contributed by atoms with E-state index in [9.17, 15) is 13.2 Å². The van der Waals surface area contributed by atoms with Gasteiger partial charge in [0.25, 0.3) is 5.89 Å². The molecule has 3 aromatic rings. The topological polar surface area (TPSA) is 121 Å². The predicted octanol–water partition coefficient (Wildman–Crippen LogP) is 3.20. The molecular weight excluding hydrogens is 458 g/mol. The minimum atomic E-state index is -3.94. The number of halogens is 1. The van der Waals surface area contributed by atoms with E-state index in [1.54, 1.807) is 0 Å². The van der Waals surface area contributed by atoms with Gasteiger partial charge in [0.15, 0.2) is 6.61 Å². The van der Waals surface area contributed by atoms with Gasteiger partial charge < -0.3 is 13.9 Å². The largest absolute Gasteiger partial charge is 0.452 e. The standard InChI is InChI=1S/C21H20ClN3O6S/c22-17-9-8-15(11-18(17)32(27,28)23-12-16-7-4-10-29-16)21(26)30-13-19-24-25-20(31-19)14-5-2-1-3-6-14/h1-3,5-6,8-9,11,16,23H,4,7,10,12-13H2/t16-/m0/s1. The number of hydrogen-bond donors (Lipinski definition) is 1. The van der Waals surface area contributed by atoms with E-state index >= 15 is 0 Å². The summed E-state index contributed by atoms with van der Waals surface area (Å²) in [6, 6.07) is 13.0. The van der Waals surface area contributed by atoms with Crippen molar-refractivity contribution in [2.75, 3.05) is 13.2 Å². The molecule has 11 heteroatoms. The summed E-state index contributed by atoms with van der Waals surface area (Å²) in [7, 11) is -3.94. The van der Waals surface area contributed by atoms with Crippen LogP contribution in [-0.2, 0) is 26.1 Å². The molecule has 9 nitrogen and oxygen atoms in total. The molecule has 32 heavy (non-hydrogen) atoms. The van der Waals surface area contributed by atoms with Crippen molar-refractivity contribution in [2.45, 2.75) is 30.4 Å². The maximum absolute atomic E-state index is 12.7. The molecule has 0 aliphatic carbocycles. The molecule has 2 heterocycles. The molecule has 1 N–H and O–H groups in total. The van der Waals surface area contributed by atoms with Gasteiger partial charge in [0.05, 0.1) is 16.7 Å². The lowest BCUT2D eigenvalue weighted by atomic mass is 10.2. The first-order valence-corrected chi connectivity index (χ1v) is 11.7. The third kappa shape index (κ3) is 5.33. The fourth-order valence-corrected chi connectivity index (χ4v) is 4.73. The SMILES string of the molecule is O=C(OCc1nnc(-c2ccccc2)o1)c1ccc(Cl)c(S(=O)(=O)NC[C@@H]2CCCO2)c1. The number of ether oxygens (including phenoxy) is 2. The summed E-state index contributed by atoms with van der Waals surface area (Å²) in [4.78, 5) is 12.2. The molecule has 1 aliphatic heterocycles. The fourth-order valence-electron chi connectivity index (χ4n) is 3.14. The Kier molecular flexibility index (Phi) is 6.85. The molecule has 1 aliphatic rings. The second-order valence-electron chi connectivity index (χ2n) is 7.08. The third-order valence-corrected chi connectivity index (χ3v) is 6.70. The molecule has 1 aromatic heterocycles. The lowest BCUT2D eigenvalue weighted by molar-refractivity contribution is 0.0438.